The molecular weight excluding hydrogens is 275 g/mol. The maximum absolute atomic E-state index is 13.3. The van der Waals surface area contributed by atoms with Crippen molar-refractivity contribution in [2.24, 2.45) is 0 Å². The van der Waals surface area contributed by atoms with Gasteiger partial charge in [-0.25, -0.2) is 4.39 Å². The molecule has 1 fully saturated rings. The van der Waals surface area contributed by atoms with Crippen molar-refractivity contribution in [3.8, 4) is 0 Å². The molecule has 1 aliphatic heterocycles. The first-order valence-electron chi connectivity index (χ1n) is 5.13. The van der Waals surface area contributed by atoms with E-state index in [-0.39, 0.29) is 5.91 Å². The third kappa shape index (κ3) is 2.41. The van der Waals surface area contributed by atoms with Crippen LogP contribution >= 0.6 is 15.9 Å². The zero-order valence-corrected chi connectivity index (χ0v) is 10.3. The summed E-state index contributed by atoms with van der Waals surface area (Å²) in [5, 5.41) is 3.17. The standard InChI is InChI=1S/C11H12BrFN2O/c12-9-2-1-8(7-10(9)13)11(16)15-5-3-14-4-6-15/h1-2,7,14H,3-6H2. The van der Waals surface area contributed by atoms with Crippen molar-refractivity contribution in [2.45, 2.75) is 0 Å². The summed E-state index contributed by atoms with van der Waals surface area (Å²) in [7, 11) is 0. The van der Waals surface area contributed by atoms with Gasteiger partial charge in [-0.2, -0.15) is 0 Å². The van der Waals surface area contributed by atoms with Crippen LogP contribution in [0.3, 0.4) is 0 Å². The molecule has 0 atom stereocenters. The molecule has 1 amide bonds. The number of nitrogens with one attached hydrogen (secondary N) is 1. The Hall–Kier alpha value is -0.940. The number of amides is 1. The van der Waals surface area contributed by atoms with Gasteiger partial charge < -0.3 is 10.2 Å². The van der Waals surface area contributed by atoms with Gasteiger partial charge in [0.2, 0.25) is 0 Å². The fourth-order valence-electron chi connectivity index (χ4n) is 1.68. The zero-order valence-electron chi connectivity index (χ0n) is 8.67. The summed E-state index contributed by atoms with van der Waals surface area (Å²) < 4.78 is 13.7. The third-order valence-corrected chi connectivity index (χ3v) is 3.21. The smallest absolute Gasteiger partial charge is 0.254 e. The Bertz CT molecular complexity index is 405. The van der Waals surface area contributed by atoms with Crippen molar-refractivity contribution in [3.63, 3.8) is 0 Å². The van der Waals surface area contributed by atoms with E-state index in [1.54, 1.807) is 17.0 Å². The fourth-order valence-corrected chi connectivity index (χ4v) is 1.93. The molecule has 0 aliphatic carbocycles. The van der Waals surface area contributed by atoms with E-state index in [4.69, 9.17) is 0 Å². The summed E-state index contributed by atoms with van der Waals surface area (Å²) >= 11 is 3.06. The Morgan fingerprint density at radius 2 is 2.06 bits per heavy atom. The van der Waals surface area contributed by atoms with Crippen LogP contribution in [0.4, 0.5) is 4.39 Å². The van der Waals surface area contributed by atoms with Gasteiger partial charge in [-0.15, -0.1) is 0 Å². The Morgan fingerprint density at radius 3 is 2.69 bits per heavy atom. The van der Waals surface area contributed by atoms with Crippen LogP contribution in [-0.4, -0.2) is 37.0 Å². The lowest BCUT2D eigenvalue weighted by Gasteiger charge is -2.27. The molecule has 0 radical (unpaired) electrons. The maximum atomic E-state index is 13.3. The lowest BCUT2D eigenvalue weighted by atomic mass is 10.2. The maximum Gasteiger partial charge on any atom is 0.254 e. The molecule has 1 aliphatic rings. The Morgan fingerprint density at radius 1 is 1.38 bits per heavy atom. The van der Waals surface area contributed by atoms with E-state index < -0.39 is 5.82 Å². The summed E-state index contributed by atoms with van der Waals surface area (Å²) in [4.78, 5) is 13.7. The highest BCUT2D eigenvalue weighted by Crippen LogP contribution is 2.17. The van der Waals surface area contributed by atoms with Gasteiger partial charge in [0.25, 0.3) is 5.91 Å². The molecule has 86 valence electrons. The minimum atomic E-state index is -0.402. The number of piperazine rings is 1. The quantitative estimate of drug-likeness (QED) is 0.851. The Kier molecular flexibility index (Phi) is 3.56. The van der Waals surface area contributed by atoms with Crippen LogP contribution in [0, 0.1) is 5.82 Å². The molecule has 0 aromatic heterocycles. The molecule has 2 rings (SSSR count). The van der Waals surface area contributed by atoms with Crippen molar-refractivity contribution < 1.29 is 9.18 Å². The number of hydrogen-bond acceptors (Lipinski definition) is 2. The fraction of sp³-hybridized carbons (Fsp3) is 0.364. The van der Waals surface area contributed by atoms with Crippen molar-refractivity contribution in [2.75, 3.05) is 26.2 Å². The summed E-state index contributed by atoms with van der Waals surface area (Å²) in [6, 6.07) is 4.47. The van der Waals surface area contributed by atoms with E-state index in [1.807, 2.05) is 0 Å². The largest absolute Gasteiger partial charge is 0.336 e. The van der Waals surface area contributed by atoms with E-state index in [1.165, 1.54) is 6.07 Å². The van der Waals surface area contributed by atoms with E-state index >= 15 is 0 Å². The molecule has 1 aromatic rings. The van der Waals surface area contributed by atoms with Crippen LogP contribution in [0.15, 0.2) is 22.7 Å². The second-order valence-corrected chi connectivity index (χ2v) is 4.53. The average Bonchev–Trinajstić information content (AvgIpc) is 2.33. The van der Waals surface area contributed by atoms with Crippen LogP contribution in [0.25, 0.3) is 0 Å². The summed E-state index contributed by atoms with van der Waals surface area (Å²) in [6.45, 7) is 2.95. The zero-order chi connectivity index (χ0) is 11.5. The predicted molar refractivity (Wildman–Crippen MR) is 62.9 cm³/mol. The number of benzene rings is 1. The van der Waals surface area contributed by atoms with Gasteiger partial charge in [-0.3, -0.25) is 4.79 Å². The predicted octanol–water partition coefficient (Wildman–Crippen LogP) is 1.63. The van der Waals surface area contributed by atoms with E-state index in [0.717, 1.165) is 13.1 Å². The molecule has 16 heavy (non-hydrogen) atoms. The van der Waals surface area contributed by atoms with Crippen LogP contribution in [-0.2, 0) is 0 Å². The number of hydrogen-bond donors (Lipinski definition) is 1. The Labute approximate surface area is 102 Å². The number of rotatable bonds is 1. The molecule has 0 bridgehead atoms. The molecule has 1 saturated heterocycles. The van der Waals surface area contributed by atoms with E-state index in [0.29, 0.717) is 23.1 Å². The van der Waals surface area contributed by atoms with Crippen LogP contribution in [0.5, 0.6) is 0 Å². The average molecular weight is 287 g/mol. The number of halogens is 2. The van der Waals surface area contributed by atoms with Crippen LogP contribution < -0.4 is 5.32 Å². The molecular formula is C11H12BrFN2O. The third-order valence-electron chi connectivity index (χ3n) is 2.57. The Balaban J connectivity index is 2.16. The summed E-state index contributed by atoms with van der Waals surface area (Å²) in [5.41, 5.74) is 0.405. The number of carbonyl (C=O) groups excluding carboxylic acids is 1. The minimum Gasteiger partial charge on any atom is -0.336 e. The molecule has 0 saturated carbocycles. The molecule has 5 heteroatoms. The molecule has 0 spiro atoms. The number of carbonyl (C=O) groups is 1. The number of nitrogens with zero attached hydrogens (tertiary/aromatic N) is 1. The lowest BCUT2D eigenvalue weighted by Crippen LogP contribution is -2.46. The first kappa shape index (κ1) is 11.5. The first-order valence-corrected chi connectivity index (χ1v) is 5.93. The topological polar surface area (TPSA) is 32.3 Å². The van der Waals surface area contributed by atoms with E-state index in [9.17, 15) is 9.18 Å². The van der Waals surface area contributed by atoms with Crippen molar-refractivity contribution in [1.29, 1.82) is 0 Å². The second kappa shape index (κ2) is 4.93. The lowest BCUT2D eigenvalue weighted by molar-refractivity contribution is 0.0735. The second-order valence-electron chi connectivity index (χ2n) is 3.67. The molecule has 0 unspecified atom stereocenters. The highest BCUT2D eigenvalue weighted by atomic mass is 79.9. The van der Waals surface area contributed by atoms with Gasteiger partial charge in [-0.1, -0.05) is 0 Å². The van der Waals surface area contributed by atoms with Gasteiger partial charge in [0.1, 0.15) is 5.82 Å². The van der Waals surface area contributed by atoms with Gasteiger partial charge >= 0.3 is 0 Å². The minimum absolute atomic E-state index is 0.104. The van der Waals surface area contributed by atoms with Gasteiger partial charge in [0.05, 0.1) is 4.47 Å². The molecule has 1 N–H and O–H groups in total. The molecule has 1 aromatic carbocycles. The van der Waals surface area contributed by atoms with Crippen molar-refractivity contribution >= 4 is 21.8 Å². The molecule has 3 nitrogen and oxygen atoms in total. The first-order chi connectivity index (χ1) is 7.68. The van der Waals surface area contributed by atoms with Gasteiger partial charge in [0, 0.05) is 31.7 Å². The van der Waals surface area contributed by atoms with Crippen LogP contribution in [0.1, 0.15) is 10.4 Å². The SMILES string of the molecule is O=C(c1ccc(Br)c(F)c1)N1CCNCC1. The van der Waals surface area contributed by atoms with Crippen molar-refractivity contribution in [1.82, 2.24) is 10.2 Å². The van der Waals surface area contributed by atoms with Crippen molar-refractivity contribution in [3.05, 3.63) is 34.1 Å². The summed E-state index contributed by atoms with van der Waals surface area (Å²) in [6.07, 6.45) is 0. The van der Waals surface area contributed by atoms with Crippen LogP contribution in [0.2, 0.25) is 0 Å². The molecule has 1 heterocycles. The highest BCUT2D eigenvalue weighted by Gasteiger charge is 2.18. The normalized spacial score (nSPS) is 16.2. The van der Waals surface area contributed by atoms with Gasteiger partial charge in [0.15, 0.2) is 0 Å². The van der Waals surface area contributed by atoms with E-state index in [2.05, 4.69) is 21.2 Å². The van der Waals surface area contributed by atoms with Gasteiger partial charge in [-0.05, 0) is 34.1 Å². The monoisotopic (exact) mass is 286 g/mol. The highest BCUT2D eigenvalue weighted by molar-refractivity contribution is 9.10. The summed E-state index contributed by atoms with van der Waals surface area (Å²) in [5.74, 6) is -0.506.